The zero-order chi connectivity index (χ0) is 20.1. The second-order valence-corrected chi connectivity index (χ2v) is 8.23. The summed E-state index contributed by atoms with van der Waals surface area (Å²) in [7, 11) is 4.29. The van der Waals surface area contributed by atoms with Crippen molar-refractivity contribution in [2.45, 2.75) is 37.8 Å². The van der Waals surface area contributed by atoms with Crippen LogP contribution in [0, 0.1) is 17.8 Å². The molecule has 1 aliphatic heterocycles. The van der Waals surface area contributed by atoms with Crippen LogP contribution in [-0.2, 0) is 9.53 Å². The van der Waals surface area contributed by atoms with Crippen molar-refractivity contribution in [1.29, 1.82) is 0 Å². The molecular weight excluding hydrogens is 360 g/mol. The Morgan fingerprint density at radius 3 is 2.43 bits per heavy atom. The number of hydrogen-bond acceptors (Lipinski definition) is 6. The first kappa shape index (κ1) is 20.7. The van der Waals surface area contributed by atoms with Crippen molar-refractivity contribution in [2.75, 3.05) is 33.8 Å². The molecule has 8 heteroatoms. The predicted octanol–water partition coefficient (Wildman–Crippen LogP) is 1.38. The van der Waals surface area contributed by atoms with Crippen LogP contribution in [0.5, 0.6) is 0 Å². The van der Waals surface area contributed by atoms with E-state index in [9.17, 15) is 4.79 Å². The molecular formula is C20H30N4O4. The lowest BCUT2D eigenvalue weighted by Crippen LogP contribution is -2.48. The molecule has 1 amide bonds. The molecule has 154 valence electrons. The van der Waals surface area contributed by atoms with Crippen LogP contribution in [0.3, 0.4) is 0 Å². The Labute approximate surface area is 165 Å². The molecule has 0 spiro atoms. The van der Waals surface area contributed by atoms with Crippen LogP contribution in [0.2, 0.25) is 0 Å². The third kappa shape index (κ3) is 5.05. The van der Waals surface area contributed by atoms with Crippen molar-refractivity contribution in [3.8, 4) is 0 Å². The van der Waals surface area contributed by atoms with Gasteiger partial charge in [0, 0.05) is 38.1 Å². The van der Waals surface area contributed by atoms with Crippen LogP contribution in [-0.4, -0.2) is 83.2 Å². The molecule has 1 aromatic rings. The summed E-state index contributed by atoms with van der Waals surface area (Å²) in [5.74, 6) is 2.16. The minimum absolute atomic E-state index is 0.0353. The van der Waals surface area contributed by atoms with Crippen LogP contribution in [0.25, 0.3) is 0 Å². The zero-order valence-electron chi connectivity index (χ0n) is 16.6. The molecule has 0 aromatic carbocycles. The summed E-state index contributed by atoms with van der Waals surface area (Å²) >= 11 is 0. The number of hydrogen-bond donors (Lipinski definition) is 1. The summed E-state index contributed by atoms with van der Waals surface area (Å²) in [5, 5.41) is 6.89. The molecule has 28 heavy (non-hydrogen) atoms. The Bertz CT molecular complexity index is 653. The van der Waals surface area contributed by atoms with E-state index in [2.05, 4.69) is 29.0 Å². The minimum Gasteiger partial charge on any atom is -0.483 e. The first-order chi connectivity index (χ1) is 13.5. The Morgan fingerprint density at radius 1 is 1.25 bits per heavy atom. The molecule has 0 unspecified atom stereocenters. The van der Waals surface area contributed by atoms with Gasteiger partial charge in [-0.3, -0.25) is 9.59 Å². The molecule has 1 N–H and O–H groups in total. The molecule has 0 radical (unpaired) electrons. The Morgan fingerprint density at radius 2 is 1.86 bits per heavy atom. The van der Waals surface area contributed by atoms with E-state index in [1.807, 2.05) is 4.90 Å². The van der Waals surface area contributed by atoms with E-state index >= 15 is 0 Å². The van der Waals surface area contributed by atoms with E-state index in [0.29, 0.717) is 29.8 Å². The van der Waals surface area contributed by atoms with E-state index in [4.69, 9.17) is 14.6 Å². The monoisotopic (exact) mass is 390 g/mol. The Kier molecular flexibility index (Phi) is 6.96. The minimum atomic E-state index is -0.250. The molecule has 0 bridgehead atoms. The van der Waals surface area contributed by atoms with Gasteiger partial charge < -0.3 is 19.6 Å². The van der Waals surface area contributed by atoms with Crippen LogP contribution in [0.15, 0.2) is 18.5 Å². The number of rotatable bonds is 5. The van der Waals surface area contributed by atoms with Gasteiger partial charge in [-0.25, -0.2) is 9.97 Å². The molecule has 1 saturated heterocycles. The van der Waals surface area contributed by atoms with E-state index in [0.717, 1.165) is 38.5 Å². The third-order valence-corrected chi connectivity index (χ3v) is 6.04. The maximum Gasteiger partial charge on any atom is 0.291 e. The number of nitrogens with zero attached hydrogens (tertiary/aromatic N) is 4. The summed E-state index contributed by atoms with van der Waals surface area (Å²) in [4.78, 5) is 33.5. The highest BCUT2D eigenvalue weighted by molar-refractivity contribution is 5.90. The van der Waals surface area contributed by atoms with Gasteiger partial charge in [0.1, 0.15) is 0 Å². The van der Waals surface area contributed by atoms with E-state index < -0.39 is 0 Å². The SMILES string of the molecule is CN(C)[C@@H]1C[C@@H]2CN(C(=O)c3ncccn3)C[C@@H]2C[C@H]1OCC1CC1.O=CO. The molecule has 4 rings (SSSR count). The van der Waals surface area contributed by atoms with Gasteiger partial charge in [0.25, 0.3) is 12.4 Å². The first-order valence-electron chi connectivity index (χ1n) is 9.95. The zero-order valence-corrected chi connectivity index (χ0v) is 16.6. The van der Waals surface area contributed by atoms with Gasteiger partial charge in [-0.05, 0) is 63.6 Å². The number of likely N-dealkylation sites (tertiary alicyclic amines) is 1. The quantitative estimate of drug-likeness (QED) is 0.759. The smallest absolute Gasteiger partial charge is 0.291 e. The number of likely N-dealkylation sites (N-methyl/N-ethyl adjacent to an activating group) is 1. The number of aromatic nitrogens is 2. The van der Waals surface area contributed by atoms with Gasteiger partial charge >= 0.3 is 0 Å². The average molecular weight is 390 g/mol. The number of amides is 1. The maximum atomic E-state index is 12.7. The van der Waals surface area contributed by atoms with Crippen molar-refractivity contribution in [3.05, 3.63) is 24.3 Å². The summed E-state index contributed by atoms with van der Waals surface area (Å²) in [6.45, 7) is 2.29. The summed E-state index contributed by atoms with van der Waals surface area (Å²) in [6, 6.07) is 2.19. The fourth-order valence-electron chi connectivity index (χ4n) is 4.37. The van der Waals surface area contributed by atoms with Gasteiger partial charge in [0.2, 0.25) is 5.82 Å². The Hall–Kier alpha value is -2.06. The lowest BCUT2D eigenvalue weighted by molar-refractivity contribution is -0.122. The van der Waals surface area contributed by atoms with Crippen molar-refractivity contribution < 1.29 is 19.4 Å². The van der Waals surface area contributed by atoms with Crippen LogP contribution >= 0.6 is 0 Å². The molecule has 2 heterocycles. The van der Waals surface area contributed by atoms with Gasteiger partial charge in [0.05, 0.1) is 6.10 Å². The molecule has 4 atom stereocenters. The average Bonchev–Trinajstić information content (AvgIpc) is 3.43. The lowest BCUT2D eigenvalue weighted by atomic mass is 9.77. The highest BCUT2D eigenvalue weighted by Gasteiger charge is 2.45. The molecule has 2 aliphatic carbocycles. The maximum absolute atomic E-state index is 12.7. The van der Waals surface area contributed by atoms with E-state index in [-0.39, 0.29) is 12.4 Å². The normalized spacial score (nSPS) is 29.0. The molecule has 3 fully saturated rings. The summed E-state index contributed by atoms with van der Waals surface area (Å²) in [6.07, 6.45) is 8.36. The molecule has 2 saturated carbocycles. The highest BCUT2D eigenvalue weighted by Crippen LogP contribution is 2.40. The van der Waals surface area contributed by atoms with Crippen LogP contribution in [0.1, 0.15) is 36.3 Å². The number of carbonyl (C=O) groups is 2. The van der Waals surface area contributed by atoms with Crippen molar-refractivity contribution in [2.24, 2.45) is 17.8 Å². The summed E-state index contributed by atoms with van der Waals surface area (Å²) < 4.78 is 6.30. The molecule has 1 aromatic heterocycles. The molecule has 3 aliphatic rings. The standard InChI is InChI=1S/C19H28N4O2.CH2O2/c1-22(2)16-8-14-10-23(19(24)18-20-6-3-7-21-18)11-15(14)9-17(16)25-12-13-4-5-13;2-1-3/h3,6-7,13-17H,4-5,8-12H2,1-2H3;1H,(H,2,3)/t14-,15+,16-,17-;/m1./s1. The molecule has 8 nitrogen and oxygen atoms in total. The Balaban J connectivity index is 0.000000706. The number of ether oxygens (including phenoxy) is 1. The largest absolute Gasteiger partial charge is 0.483 e. The first-order valence-corrected chi connectivity index (χ1v) is 9.95. The summed E-state index contributed by atoms with van der Waals surface area (Å²) in [5.41, 5.74) is 0. The van der Waals surface area contributed by atoms with Gasteiger partial charge in [0.15, 0.2) is 0 Å². The van der Waals surface area contributed by atoms with Crippen LogP contribution < -0.4 is 0 Å². The van der Waals surface area contributed by atoms with Crippen LogP contribution in [0.4, 0.5) is 0 Å². The van der Waals surface area contributed by atoms with Crippen molar-refractivity contribution in [3.63, 3.8) is 0 Å². The topological polar surface area (TPSA) is 95.9 Å². The fourth-order valence-corrected chi connectivity index (χ4v) is 4.37. The highest BCUT2D eigenvalue weighted by atomic mass is 16.5. The second kappa shape index (κ2) is 9.43. The van der Waals surface area contributed by atoms with Gasteiger partial charge in [-0.2, -0.15) is 0 Å². The van der Waals surface area contributed by atoms with E-state index in [1.54, 1.807) is 18.5 Å². The second-order valence-electron chi connectivity index (χ2n) is 8.23. The predicted molar refractivity (Wildman–Crippen MR) is 103 cm³/mol. The number of carboxylic acid groups (broad SMARTS) is 1. The van der Waals surface area contributed by atoms with Gasteiger partial charge in [-0.15, -0.1) is 0 Å². The number of fused-ring (bicyclic) bond motifs is 1. The van der Waals surface area contributed by atoms with Gasteiger partial charge in [-0.1, -0.05) is 0 Å². The number of carbonyl (C=O) groups excluding carboxylic acids is 1. The van der Waals surface area contributed by atoms with E-state index in [1.165, 1.54) is 12.8 Å². The lowest BCUT2D eigenvalue weighted by Gasteiger charge is -2.41. The fraction of sp³-hybridized carbons (Fsp3) is 0.700. The third-order valence-electron chi connectivity index (χ3n) is 6.04. The van der Waals surface area contributed by atoms with Crippen molar-refractivity contribution in [1.82, 2.24) is 19.8 Å². The van der Waals surface area contributed by atoms with Crippen molar-refractivity contribution >= 4 is 12.4 Å².